The Morgan fingerprint density at radius 3 is 2.52 bits per heavy atom. The van der Waals surface area contributed by atoms with E-state index < -0.39 is 0 Å². The smallest absolute Gasteiger partial charge is 0.176 e. The average molecular weight is 341 g/mol. The number of fused-ring (bicyclic) bond motifs is 1. The zero-order valence-electron chi connectivity index (χ0n) is 14.7. The van der Waals surface area contributed by atoms with Crippen LogP contribution < -0.4 is 4.74 Å². The van der Waals surface area contributed by atoms with Crippen LogP contribution >= 0.6 is 0 Å². The van der Waals surface area contributed by atoms with Crippen LogP contribution in [0.3, 0.4) is 0 Å². The summed E-state index contributed by atoms with van der Waals surface area (Å²) in [5, 5.41) is 5.17. The van der Waals surface area contributed by atoms with Crippen molar-refractivity contribution in [3.8, 4) is 5.75 Å². The molecule has 0 amide bonds. The molecule has 25 heavy (non-hydrogen) atoms. The van der Waals surface area contributed by atoms with E-state index in [2.05, 4.69) is 27.1 Å². The molecule has 3 aromatic rings. The molecule has 1 aromatic carbocycles. The highest BCUT2D eigenvalue weighted by atomic mass is 16.5. The van der Waals surface area contributed by atoms with Crippen LogP contribution in [0.15, 0.2) is 39.3 Å². The lowest BCUT2D eigenvalue weighted by Crippen LogP contribution is -2.45. The summed E-state index contributed by atoms with van der Waals surface area (Å²) >= 11 is 0. The number of rotatable bonds is 5. The molecule has 0 unspecified atom stereocenters. The van der Waals surface area contributed by atoms with E-state index in [4.69, 9.17) is 13.7 Å². The largest absolute Gasteiger partial charge is 0.493 e. The predicted molar refractivity (Wildman–Crippen MR) is 94.6 cm³/mol. The SMILES string of the molecule is COc1cccc2cc(CN3CCN(Cc4cc(C)on4)CC3)oc12. The number of hydrogen-bond acceptors (Lipinski definition) is 6. The fourth-order valence-corrected chi connectivity index (χ4v) is 3.38. The van der Waals surface area contributed by atoms with E-state index in [1.165, 1.54) is 0 Å². The average Bonchev–Trinajstić information content (AvgIpc) is 3.21. The van der Waals surface area contributed by atoms with Crippen LogP contribution in [-0.4, -0.2) is 48.2 Å². The van der Waals surface area contributed by atoms with Crippen molar-refractivity contribution in [2.45, 2.75) is 20.0 Å². The summed E-state index contributed by atoms with van der Waals surface area (Å²) in [5.74, 6) is 2.64. The van der Waals surface area contributed by atoms with Gasteiger partial charge in [0.2, 0.25) is 0 Å². The molecule has 0 saturated carbocycles. The standard InChI is InChI=1S/C19H23N3O3/c1-14-10-16(20-25-14)12-21-6-8-22(9-7-21)13-17-11-15-4-3-5-18(23-2)19(15)24-17/h3-5,10-11H,6-9,12-13H2,1-2H3. The van der Waals surface area contributed by atoms with Gasteiger partial charge in [0.05, 0.1) is 19.3 Å². The first-order chi connectivity index (χ1) is 12.2. The Hall–Kier alpha value is -2.31. The van der Waals surface area contributed by atoms with Crippen LogP contribution in [0, 0.1) is 6.92 Å². The second kappa shape index (κ2) is 6.90. The maximum atomic E-state index is 6.02. The van der Waals surface area contributed by atoms with Gasteiger partial charge in [-0.2, -0.15) is 0 Å². The first-order valence-electron chi connectivity index (χ1n) is 8.63. The summed E-state index contributed by atoms with van der Waals surface area (Å²) in [6.45, 7) is 7.69. The van der Waals surface area contributed by atoms with Crippen molar-refractivity contribution >= 4 is 11.0 Å². The topological polar surface area (TPSA) is 54.9 Å². The van der Waals surface area contributed by atoms with Crippen LogP contribution in [0.5, 0.6) is 5.75 Å². The minimum absolute atomic E-state index is 0.788. The molecule has 1 saturated heterocycles. The van der Waals surface area contributed by atoms with E-state index in [1.807, 2.05) is 25.1 Å². The molecule has 0 N–H and O–H groups in total. The Morgan fingerprint density at radius 2 is 1.84 bits per heavy atom. The van der Waals surface area contributed by atoms with Crippen molar-refractivity contribution in [3.05, 3.63) is 47.5 Å². The number of piperazine rings is 1. The van der Waals surface area contributed by atoms with Crippen LogP contribution in [0.2, 0.25) is 0 Å². The monoisotopic (exact) mass is 341 g/mol. The number of furan rings is 1. The molecule has 6 heteroatoms. The van der Waals surface area contributed by atoms with E-state index in [9.17, 15) is 0 Å². The molecule has 0 atom stereocenters. The van der Waals surface area contributed by atoms with E-state index in [0.29, 0.717) is 0 Å². The van der Waals surface area contributed by atoms with E-state index in [0.717, 1.165) is 73.2 Å². The maximum Gasteiger partial charge on any atom is 0.176 e. The second-order valence-corrected chi connectivity index (χ2v) is 6.57. The fourth-order valence-electron chi connectivity index (χ4n) is 3.38. The quantitative estimate of drug-likeness (QED) is 0.711. The first-order valence-corrected chi connectivity index (χ1v) is 8.63. The molecule has 0 aliphatic carbocycles. The summed E-state index contributed by atoms with van der Waals surface area (Å²) in [6, 6.07) is 10.1. The summed E-state index contributed by atoms with van der Waals surface area (Å²) in [4.78, 5) is 4.84. The Kier molecular flexibility index (Phi) is 4.46. The first kappa shape index (κ1) is 16.2. The molecule has 3 heterocycles. The Balaban J connectivity index is 1.35. The molecule has 1 fully saturated rings. The zero-order valence-corrected chi connectivity index (χ0v) is 14.7. The van der Waals surface area contributed by atoms with Gasteiger partial charge < -0.3 is 13.7 Å². The van der Waals surface area contributed by atoms with Gasteiger partial charge in [-0.15, -0.1) is 0 Å². The van der Waals surface area contributed by atoms with E-state index in [1.54, 1.807) is 7.11 Å². The highest BCUT2D eigenvalue weighted by Crippen LogP contribution is 2.29. The molecular weight excluding hydrogens is 318 g/mol. The summed E-state index contributed by atoms with van der Waals surface area (Å²) in [5.41, 5.74) is 1.84. The molecule has 1 aliphatic rings. The van der Waals surface area contributed by atoms with E-state index in [-0.39, 0.29) is 0 Å². The normalized spacial score (nSPS) is 16.6. The Labute approximate surface area is 146 Å². The summed E-state index contributed by atoms with van der Waals surface area (Å²) in [7, 11) is 1.67. The molecule has 6 nitrogen and oxygen atoms in total. The van der Waals surface area contributed by atoms with Crippen LogP contribution in [0.25, 0.3) is 11.0 Å². The molecule has 132 valence electrons. The van der Waals surface area contributed by atoms with E-state index >= 15 is 0 Å². The van der Waals surface area contributed by atoms with Gasteiger partial charge in [0, 0.05) is 44.2 Å². The molecule has 1 aliphatic heterocycles. The zero-order chi connectivity index (χ0) is 17.2. The number of benzene rings is 1. The van der Waals surface area contributed by atoms with Gasteiger partial charge in [0.1, 0.15) is 11.5 Å². The third-order valence-electron chi connectivity index (χ3n) is 4.69. The van der Waals surface area contributed by atoms with Gasteiger partial charge in [-0.25, -0.2) is 0 Å². The number of para-hydroxylation sites is 1. The predicted octanol–water partition coefficient (Wildman–Crippen LogP) is 3.06. The van der Waals surface area contributed by atoms with Gasteiger partial charge in [-0.05, 0) is 19.1 Å². The molecule has 4 rings (SSSR count). The highest BCUT2D eigenvalue weighted by molar-refractivity contribution is 5.83. The number of nitrogens with zero attached hydrogens (tertiary/aromatic N) is 3. The summed E-state index contributed by atoms with van der Waals surface area (Å²) < 4.78 is 16.5. The van der Waals surface area contributed by atoms with Crippen LogP contribution in [-0.2, 0) is 13.1 Å². The summed E-state index contributed by atoms with van der Waals surface area (Å²) in [6.07, 6.45) is 0. The number of hydrogen-bond donors (Lipinski definition) is 0. The third-order valence-corrected chi connectivity index (χ3v) is 4.69. The lowest BCUT2D eigenvalue weighted by Gasteiger charge is -2.33. The lowest BCUT2D eigenvalue weighted by atomic mass is 10.2. The molecule has 0 bridgehead atoms. The van der Waals surface area contributed by atoms with Gasteiger partial charge >= 0.3 is 0 Å². The highest BCUT2D eigenvalue weighted by Gasteiger charge is 2.19. The van der Waals surface area contributed by atoms with Crippen molar-refractivity contribution in [1.29, 1.82) is 0 Å². The molecule has 0 radical (unpaired) electrons. The number of ether oxygens (including phenoxy) is 1. The second-order valence-electron chi connectivity index (χ2n) is 6.57. The van der Waals surface area contributed by atoms with Crippen molar-refractivity contribution in [2.75, 3.05) is 33.3 Å². The number of aryl methyl sites for hydroxylation is 1. The number of aromatic nitrogens is 1. The molecule has 0 spiro atoms. The van der Waals surface area contributed by atoms with Crippen LogP contribution in [0.4, 0.5) is 0 Å². The number of methoxy groups -OCH3 is 1. The van der Waals surface area contributed by atoms with Gasteiger partial charge in [-0.3, -0.25) is 9.80 Å². The molecule has 2 aromatic heterocycles. The van der Waals surface area contributed by atoms with Crippen molar-refractivity contribution in [3.63, 3.8) is 0 Å². The van der Waals surface area contributed by atoms with Crippen LogP contribution in [0.1, 0.15) is 17.2 Å². The van der Waals surface area contributed by atoms with Crippen molar-refractivity contribution in [2.24, 2.45) is 0 Å². The van der Waals surface area contributed by atoms with Gasteiger partial charge in [0.25, 0.3) is 0 Å². The third kappa shape index (κ3) is 3.55. The lowest BCUT2D eigenvalue weighted by molar-refractivity contribution is 0.114. The maximum absolute atomic E-state index is 6.02. The minimum Gasteiger partial charge on any atom is -0.493 e. The minimum atomic E-state index is 0.788. The fraction of sp³-hybridized carbons (Fsp3) is 0.421. The van der Waals surface area contributed by atoms with Crippen molar-refractivity contribution in [1.82, 2.24) is 15.0 Å². The van der Waals surface area contributed by atoms with Gasteiger partial charge in [-0.1, -0.05) is 17.3 Å². The Bertz CT molecular complexity index is 847. The van der Waals surface area contributed by atoms with Crippen molar-refractivity contribution < 1.29 is 13.7 Å². The molecular formula is C19H23N3O3. The van der Waals surface area contributed by atoms with Gasteiger partial charge in [0.15, 0.2) is 11.3 Å². The Morgan fingerprint density at radius 1 is 1.08 bits per heavy atom.